The first kappa shape index (κ1) is 14.5. The van der Waals surface area contributed by atoms with Crippen LogP contribution in [0.2, 0.25) is 10.3 Å². The van der Waals surface area contributed by atoms with Crippen LogP contribution in [0.15, 0.2) is 17.5 Å². The minimum Gasteiger partial charge on any atom is -0.384 e. The monoisotopic (exact) mass is 317 g/mol. The average Bonchev–Trinajstić information content (AvgIpc) is 2.75. The van der Waals surface area contributed by atoms with Gasteiger partial charge >= 0.3 is 0 Å². The van der Waals surface area contributed by atoms with E-state index in [1.54, 1.807) is 12.1 Å². The van der Waals surface area contributed by atoms with Crippen LogP contribution < -0.4 is 4.90 Å². The van der Waals surface area contributed by atoms with Gasteiger partial charge in [-0.05, 0) is 19.1 Å². The lowest BCUT2D eigenvalue weighted by atomic mass is 10.3. The number of rotatable bonds is 4. The highest BCUT2D eigenvalue weighted by molar-refractivity contribution is 7.09. The molecular weight excluding hydrogens is 305 g/mol. The summed E-state index contributed by atoms with van der Waals surface area (Å²) in [4.78, 5) is 10.1. The van der Waals surface area contributed by atoms with Crippen molar-refractivity contribution in [3.63, 3.8) is 0 Å². The van der Waals surface area contributed by atoms with Gasteiger partial charge in [0.2, 0.25) is 0 Å². The summed E-state index contributed by atoms with van der Waals surface area (Å²) in [5, 5.41) is 13.4. The molecule has 0 radical (unpaired) electrons. The number of aliphatic hydroxyl groups excluding tert-OH is 1. The third kappa shape index (κ3) is 3.57. The number of anilines is 1. The molecule has 2 heterocycles. The van der Waals surface area contributed by atoms with Crippen molar-refractivity contribution in [1.82, 2.24) is 9.97 Å². The molecule has 0 amide bonds. The fraction of sp³-hybridized carbons (Fsp3) is 0.333. The van der Waals surface area contributed by atoms with Crippen LogP contribution in [0.1, 0.15) is 16.8 Å². The van der Waals surface area contributed by atoms with E-state index in [9.17, 15) is 5.11 Å². The average molecular weight is 318 g/mol. The fourth-order valence-corrected chi connectivity index (χ4v) is 2.91. The number of aliphatic hydroxyl groups is 1. The number of thiazole rings is 1. The second kappa shape index (κ2) is 6.05. The van der Waals surface area contributed by atoms with Crippen molar-refractivity contribution in [2.45, 2.75) is 13.0 Å². The molecule has 102 valence electrons. The minimum atomic E-state index is -0.657. The summed E-state index contributed by atoms with van der Waals surface area (Å²) in [7, 11) is 1.83. The molecule has 0 aliphatic rings. The van der Waals surface area contributed by atoms with Gasteiger partial charge in [0, 0.05) is 18.1 Å². The van der Waals surface area contributed by atoms with Crippen molar-refractivity contribution in [2.75, 3.05) is 18.5 Å². The molecule has 0 saturated carbocycles. The predicted molar refractivity (Wildman–Crippen MR) is 79.3 cm³/mol. The Hall–Kier alpha value is -0.880. The Morgan fingerprint density at radius 3 is 2.68 bits per heavy atom. The Morgan fingerprint density at radius 2 is 2.11 bits per heavy atom. The van der Waals surface area contributed by atoms with Gasteiger partial charge in [0.05, 0.1) is 12.2 Å². The van der Waals surface area contributed by atoms with Gasteiger partial charge in [0.25, 0.3) is 0 Å². The van der Waals surface area contributed by atoms with Crippen molar-refractivity contribution in [3.05, 3.63) is 38.5 Å². The van der Waals surface area contributed by atoms with E-state index >= 15 is 0 Å². The summed E-state index contributed by atoms with van der Waals surface area (Å²) in [5.74, 6) is 0. The summed E-state index contributed by atoms with van der Waals surface area (Å²) in [5.41, 5.74) is 1.63. The smallest absolute Gasteiger partial charge is 0.154 e. The van der Waals surface area contributed by atoms with Gasteiger partial charge in [0.15, 0.2) is 5.15 Å². The van der Waals surface area contributed by atoms with E-state index in [0.29, 0.717) is 21.9 Å². The third-order valence-corrected chi connectivity index (χ3v) is 4.13. The Bertz CT molecular complexity index is 576. The first-order valence-electron chi connectivity index (χ1n) is 5.60. The maximum Gasteiger partial charge on any atom is 0.154 e. The molecule has 0 aromatic carbocycles. The second-order valence-corrected chi connectivity index (χ2v) is 5.80. The quantitative estimate of drug-likeness (QED) is 0.879. The molecular formula is C12H13Cl2N3OS. The molecule has 4 nitrogen and oxygen atoms in total. The van der Waals surface area contributed by atoms with Crippen LogP contribution in [0.3, 0.4) is 0 Å². The minimum absolute atomic E-state index is 0.317. The van der Waals surface area contributed by atoms with Gasteiger partial charge in [0.1, 0.15) is 16.3 Å². The lowest BCUT2D eigenvalue weighted by Crippen LogP contribution is -2.24. The Morgan fingerprint density at radius 1 is 1.37 bits per heavy atom. The van der Waals surface area contributed by atoms with Crippen LogP contribution in [0.5, 0.6) is 0 Å². The summed E-state index contributed by atoms with van der Waals surface area (Å²) in [6, 6.07) is 3.44. The topological polar surface area (TPSA) is 49.2 Å². The molecule has 0 unspecified atom stereocenters. The van der Waals surface area contributed by atoms with Crippen LogP contribution in [0.4, 0.5) is 5.69 Å². The lowest BCUT2D eigenvalue weighted by Gasteiger charge is -2.22. The zero-order valence-corrected chi connectivity index (χ0v) is 12.8. The van der Waals surface area contributed by atoms with Crippen LogP contribution in [0.25, 0.3) is 0 Å². The summed E-state index contributed by atoms with van der Waals surface area (Å²) in [6.07, 6.45) is -0.657. The van der Waals surface area contributed by atoms with Gasteiger partial charge in [-0.25, -0.2) is 9.97 Å². The number of nitrogens with zero attached hydrogens (tertiary/aromatic N) is 3. The van der Waals surface area contributed by atoms with Crippen LogP contribution in [0, 0.1) is 6.92 Å². The molecule has 0 bridgehead atoms. The molecule has 0 aliphatic heterocycles. The number of likely N-dealkylation sites (N-methyl/N-ethyl adjacent to an activating group) is 1. The molecule has 1 N–H and O–H groups in total. The normalized spacial score (nSPS) is 12.5. The summed E-state index contributed by atoms with van der Waals surface area (Å²) < 4.78 is 0. The van der Waals surface area contributed by atoms with Crippen LogP contribution in [-0.2, 0) is 0 Å². The standard InChI is InChI=1S/C12H13Cl2N3OS/c1-7-6-19-12(15-7)9(18)5-17(2)8-3-4-10(13)16-11(8)14/h3-4,6,9,18H,5H2,1-2H3/t9-/m0/s1. The molecule has 0 saturated heterocycles. The van der Waals surface area contributed by atoms with Gasteiger partial charge in [-0.2, -0.15) is 0 Å². The van der Waals surface area contributed by atoms with Crippen molar-refractivity contribution in [2.24, 2.45) is 0 Å². The van der Waals surface area contributed by atoms with Crippen molar-refractivity contribution >= 4 is 40.2 Å². The molecule has 0 aliphatic carbocycles. The van der Waals surface area contributed by atoms with Gasteiger partial charge in [-0.3, -0.25) is 0 Å². The van der Waals surface area contributed by atoms with Crippen LogP contribution >= 0.6 is 34.5 Å². The van der Waals surface area contributed by atoms with E-state index in [-0.39, 0.29) is 0 Å². The summed E-state index contributed by atoms with van der Waals surface area (Å²) >= 11 is 13.2. The van der Waals surface area contributed by atoms with Gasteiger partial charge in [-0.1, -0.05) is 23.2 Å². The van der Waals surface area contributed by atoms with Crippen LogP contribution in [-0.4, -0.2) is 28.7 Å². The fourth-order valence-electron chi connectivity index (χ4n) is 1.65. The van der Waals surface area contributed by atoms with E-state index in [2.05, 4.69) is 9.97 Å². The number of halogens is 2. The molecule has 2 aromatic heterocycles. The predicted octanol–water partition coefficient (Wildman–Crippen LogP) is 3.32. The summed E-state index contributed by atoms with van der Waals surface area (Å²) in [6.45, 7) is 2.28. The van der Waals surface area contributed by atoms with Crippen molar-refractivity contribution in [1.29, 1.82) is 0 Å². The van der Waals surface area contributed by atoms with Crippen molar-refractivity contribution < 1.29 is 5.11 Å². The van der Waals surface area contributed by atoms with E-state index in [4.69, 9.17) is 23.2 Å². The highest BCUT2D eigenvalue weighted by Gasteiger charge is 2.16. The van der Waals surface area contributed by atoms with Gasteiger partial charge in [-0.15, -0.1) is 11.3 Å². The Balaban J connectivity index is 2.10. The van der Waals surface area contributed by atoms with Gasteiger partial charge < -0.3 is 10.0 Å². The number of pyridine rings is 1. The Kier molecular flexibility index (Phi) is 4.62. The molecule has 1 atom stereocenters. The molecule has 19 heavy (non-hydrogen) atoms. The van der Waals surface area contributed by atoms with E-state index in [1.165, 1.54) is 11.3 Å². The maximum absolute atomic E-state index is 10.1. The largest absolute Gasteiger partial charge is 0.384 e. The molecule has 2 aromatic rings. The number of hydrogen-bond acceptors (Lipinski definition) is 5. The second-order valence-electron chi connectivity index (χ2n) is 4.17. The third-order valence-electron chi connectivity index (χ3n) is 2.57. The molecule has 0 fully saturated rings. The first-order chi connectivity index (χ1) is 8.97. The highest BCUT2D eigenvalue weighted by atomic mass is 35.5. The highest BCUT2D eigenvalue weighted by Crippen LogP contribution is 2.27. The molecule has 2 rings (SSSR count). The first-order valence-corrected chi connectivity index (χ1v) is 7.24. The number of hydrogen-bond donors (Lipinski definition) is 1. The van der Waals surface area contributed by atoms with E-state index in [0.717, 1.165) is 11.4 Å². The van der Waals surface area contributed by atoms with E-state index in [1.807, 2.05) is 24.3 Å². The SMILES string of the molecule is Cc1csc([C@@H](O)CN(C)c2ccc(Cl)nc2Cl)n1. The zero-order chi connectivity index (χ0) is 14.0. The Labute approximate surface area is 125 Å². The van der Waals surface area contributed by atoms with Crippen molar-refractivity contribution in [3.8, 4) is 0 Å². The number of aromatic nitrogens is 2. The van der Waals surface area contributed by atoms with E-state index < -0.39 is 6.10 Å². The molecule has 7 heteroatoms. The maximum atomic E-state index is 10.1. The molecule has 0 spiro atoms. The lowest BCUT2D eigenvalue weighted by molar-refractivity contribution is 0.184. The zero-order valence-electron chi connectivity index (χ0n) is 10.5. The number of aryl methyl sites for hydroxylation is 1.